The summed E-state index contributed by atoms with van der Waals surface area (Å²) in [6, 6.07) is 15.2. The van der Waals surface area contributed by atoms with E-state index >= 15 is 0 Å². The first-order valence-electron chi connectivity index (χ1n) is 6.68. The number of hydrogen-bond acceptors (Lipinski definition) is 4. The molecule has 0 unspecified atom stereocenters. The van der Waals surface area contributed by atoms with E-state index in [4.69, 9.17) is 20.9 Å². The zero-order valence-corrected chi connectivity index (χ0v) is 11.4. The molecule has 4 nitrogen and oxygen atoms in total. The molecule has 0 saturated heterocycles. The van der Waals surface area contributed by atoms with Crippen molar-refractivity contribution in [3.8, 4) is 11.5 Å². The van der Waals surface area contributed by atoms with Gasteiger partial charge in [0, 0.05) is 5.69 Å². The summed E-state index contributed by atoms with van der Waals surface area (Å²) in [6.07, 6.45) is 0.855. The molecular formula is C16H20N2O2. The Morgan fingerprint density at radius 2 is 1.60 bits per heavy atom. The highest BCUT2D eigenvalue weighted by Crippen LogP contribution is 2.19. The fourth-order valence-electron chi connectivity index (χ4n) is 1.76. The van der Waals surface area contributed by atoms with Crippen LogP contribution < -0.4 is 20.9 Å². The van der Waals surface area contributed by atoms with Crippen LogP contribution in [-0.2, 0) is 6.61 Å². The number of hydrogen-bond donors (Lipinski definition) is 2. The molecule has 0 aromatic heterocycles. The van der Waals surface area contributed by atoms with E-state index in [9.17, 15) is 0 Å². The second-order valence-electron chi connectivity index (χ2n) is 4.50. The van der Waals surface area contributed by atoms with Gasteiger partial charge in [0.1, 0.15) is 18.1 Å². The molecule has 2 aromatic carbocycles. The van der Waals surface area contributed by atoms with Gasteiger partial charge in [0.25, 0.3) is 0 Å². The summed E-state index contributed by atoms with van der Waals surface area (Å²) in [5.41, 5.74) is 12.9. The molecule has 106 valence electrons. The van der Waals surface area contributed by atoms with Crippen LogP contribution >= 0.6 is 0 Å². The van der Waals surface area contributed by atoms with Gasteiger partial charge in [0.15, 0.2) is 0 Å². The Bertz CT molecular complexity index is 526. The van der Waals surface area contributed by atoms with Crippen LogP contribution in [0.5, 0.6) is 11.5 Å². The van der Waals surface area contributed by atoms with E-state index in [2.05, 4.69) is 0 Å². The molecule has 2 aromatic rings. The molecule has 4 heteroatoms. The highest BCUT2D eigenvalue weighted by atomic mass is 16.5. The van der Waals surface area contributed by atoms with Crippen molar-refractivity contribution in [2.45, 2.75) is 13.0 Å². The van der Waals surface area contributed by atoms with Crippen LogP contribution in [0.4, 0.5) is 5.69 Å². The minimum absolute atomic E-state index is 0.498. The Labute approximate surface area is 119 Å². The topological polar surface area (TPSA) is 70.5 Å². The van der Waals surface area contributed by atoms with Gasteiger partial charge in [-0.3, -0.25) is 0 Å². The van der Waals surface area contributed by atoms with Crippen LogP contribution in [0.1, 0.15) is 12.0 Å². The second-order valence-corrected chi connectivity index (χ2v) is 4.50. The molecule has 0 amide bonds. The summed E-state index contributed by atoms with van der Waals surface area (Å²) in [5, 5.41) is 0. The number of ether oxygens (including phenoxy) is 2. The molecule has 0 atom stereocenters. The van der Waals surface area contributed by atoms with E-state index in [1.165, 1.54) is 0 Å². The zero-order valence-electron chi connectivity index (χ0n) is 11.4. The SMILES string of the molecule is NCCCOc1ccc(OCc2cccc(N)c2)cc1. The molecule has 2 rings (SSSR count). The number of benzene rings is 2. The maximum Gasteiger partial charge on any atom is 0.120 e. The van der Waals surface area contributed by atoms with Gasteiger partial charge in [-0.05, 0) is 54.9 Å². The van der Waals surface area contributed by atoms with E-state index in [0.717, 1.165) is 29.2 Å². The number of nitrogen functional groups attached to an aromatic ring is 1. The molecule has 0 aliphatic carbocycles. The number of nitrogens with two attached hydrogens (primary N) is 2. The van der Waals surface area contributed by atoms with E-state index in [0.29, 0.717) is 19.8 Å². The molecule has 0 radical (unpaired) electrons. The fourth-order valence-corrected chi connectivity index (χ4v) is 1.76. The zero-order chi connectivity index (χ0) is 14.2. The Hall–Kier alpha value is -2.20. The molecule has 0 saturated carbocycles. The second kappa shape index (κ2) is 7.40. The quantitative estimate of drug-likeness (QED) is 0.600. The molecule has 0 bridgehead atoms. The van der Waals surface area contributed by atoms with Crippen molar-refractivity contribution in [2.75, 3.05) is 18.9 Å². The minimum Gasteiger partial charge on any atom is -0.494 e. The summed E-state index contributed by atoms with van der Waals surface area (Å²) in [5.74, 6) is 1.63. The van der Waals surface area contributed by atoms with E-state index in [1.807, 2.05) is 48.5 Å². The summed E-state index contributed by atoms with van der Waals surface area (Å²) in [7, 11) is 0. The van der Waals surface area contributed by atoms with Crippen molar-refractivity contribution in [1.29, 1.82) is 0 Å². The summed E-state index contributed by atoms with van der Waals surface area (Å²) in [4.78, 5) is 0. The molecule has 0 aliphatic rings. The monoisotopic (exact) mass is 272 g/mol. The average Bonchev–Trinajstić information content (AvgIpc) is 2.47. The number of rotatable bonds is 7. The molecular weight excluding hydrogens is 252 g/mol. The van der Waals surface area contributed by atoms with Gasteiger partial charge in [0.05, 0.1) is 6.61 Å². The average molecular weight is 272 g/mol. The van der Waals surface area contributed by atoms with Gasteiger partial charge in [-0.2, -0.15) is 0 Å². The summed E-state index contributed by atoms with van der Waals surface area (Å²) < 4.78 is 11.2. The van der Waals surface area contributed by atoms with Crippen molar-refractivity contribution in [3.05, 3.63) is 54.1 Å². The van der Waals surface area contributed by atoms with Crippen LogP contribution in [-0.4, -0.2) is 13.2 Å². The van der Waals surface area contributed by atoms with E-state index in [-0.39, 0.29) is 0 Å². The summed E-state index contributed by atoms with van der Waals surface area (Å²) in [6.45, 7) is 1.78. The smallest absolute Gasteiger partial charge is 0.120 e. The van der Waals surface area contributed by atoms with E-state index in [1.54, 1.807) is 0 Å². The number of anilines is 1. The molecule has 0 heterocycles. The Morgan fingerprint density at radius 3 is 2.25 bits per heavy atom. The Balaban J connectivity index is 1.84. The molecule has 0 spiro atoms. The van der Waals surface area contributed by atoms with Crippen LogP contribution in [0, 0.1) is 0 Å². The predicted molar refractivity (Wildman–Crippen MR) is 80.8 cm³/mol. The van der Waals surface area contributed by atoms with Gasteiger partial charge < -0.3 is 20.9 Å². The maximum absolute atomic E-state index is 5.72. The van der Waals surface area contributed by atoms with Crippen LogP contribution in [0.25, 0.3) is 0 Å². The lowest BCUT2D eigenvalue weighted by Gasteiger charge is -2.09. The third-order valence-corrected chi connectivity index (χ3v) is 2.80. The first kappa shape index (κ1) is 14.2. The van der Waals surface area contributed by atoms with Gasteiger partial charge in [-0.25, -0.2) is 0 Å². The molecule has 20 heavy (non-hydrogen) atoms. The van der Waals surface area contributed by atoms with Gasteiger partial charge in [0.2, 0.25) is 0 Å². The van der Waals surface area contributed by atoms with Crippen LogP contribution in [0.15, 0.2) is 48.5 Å². The lowest BCUT2D eigenvalue weighted by molar-refractivity contribution is 0.300. The third kappa shape index (κ3) is 4.48. The lowest BCUT2D eigenvalue weighted by atomic mass is 10.2. The highest BCUT2D eigenvalue weighted by molar-refractivity contribution is 5.40. The van der Waals surface area contributed by atoms with Crippen molar-refractivity contribution >= 4 is 5.69 Å². The Morgan fingerprint density at radius 1 is 0.900 bits per heavy atom. The Kier molecular flexibility index (Phi) is 5.26. The van der Waals surface area contributed by atoms with Crippen LogP contribution in [0.3, 0.4) is 0 Å². The normalized spacial score (nSPS) is 10.2. The predicted octanol–water partition coefficient (Wildman–Crippen LogP) is 2.58. The van der Waals surface area contributed by atoms with Gasteiger partial charge in [-0.1, -0.05) is 12.1 Å². The van der Waals surface area contributed by atoms with Crippen molar-refractivity contribution in [2.24, 2.45) is 5.73 Å². The molecule has 0 aliphatic heterocycles. The van der Waals surface area contributed by atoms with E-state index < -0.39 is 0 Å². The standard InChI is InChI=1S/C16H20N2O2/c17-9-2-10-19-15-5-7-16(8-6-15)20-12-13-3-1-4-14(18)11-13/h1,3-8,11H,2,9-10,12,17-18H2. The van der Waals surface area contributed by atoms with Crippen molar-refractivity contribution in [1.82, 2.24) is 0 Å². The minimum atomic E-state index is 0.498. The van der Waals surface area contributed by atoms with Gasteiger partial charge >= 0.3 is 0 Å². The summed E-state index contributed by atoms with van der Waals surface area (Å²) >= 11 is 0. The van der Waals surface area contributed by atoms with Crippen LogP contribution in [0.2, 0.25) is 0 Å². The highest BCUT2D eigenvalue weighted by Gasteiger charge is 1.98. The molecule has 0 fully saturated rings. The third-order valence-electron chi connectivity index (χ3n) is 2.80. The first-order valence-corrected chi connectivity index (χ1v) is 6.68. The lowest BCUT2D eigenvalue weighted by Crippen LogP contribution is -2.06. The van der Waals surface area contributed by atoms with Gasteiger partial charge in [-0.15, -0.1) is 0 Å². The first-order chi connectivity index (χ1) is 9.78. The largest absolute Gasteiger partial charge is 0.494 e. The fraction of sp³-hybridized carbons (Fsp3) is 0.250. The van der Waals surface area contributed by atoms with Crippen molar-refractivity contribution in [3.63, 3.8) is 0 Å². The van der Waals surface area contributed by atoms with Crippen molar-refractivity contribution < 1.29 is 9.47 Å². The molecule has 4 N–H and O–H groups in total. The maximum atomic E-state index is 5.72.